The third kappa shape index (κ3) is 3.65. The summed E-state index contributed by atoms with van der Waals surface area (Å²) >= 11 is 0. The van der Waals surface area contributed by atoms with E-state index < -0.39 is 0 Å². The average Bonchev–Trinajstić information content (AvgIpc) is 2.73. The van der Waals surface area contributed by atoms with E-state index >= 15 is 0 Å². The van der Waals surface area contributed by atoms with Crippen LogP contribution in [-0.4, -0.2) is 30.6 Å². The first kappa shape index (κ1) is 16.5. The molecule has 21 heavy (non-hydrogen) atoms. The zero-order valence-corrected chi connectivity index (χ0v) is 13.9. The Bertz CT molecular complexity index is 434. The van der Waals surface area contributed by atoms with E-state index in [1.807, 2.05) is 0 Å². The van der Waals surface area contributed by atoms with Crippen LogP contribution in [0.3, 0.4) is 0 Å². The van der Waals surface area contributed by atoms with Crippen molar-refractivity contribution in [3.8, 4) is 0 Å². The van der Waals surface area contributed by atoms with Crippen LogP contribution < -0.4 is 11.3 Å². The molecule has 3 heteroatoms. The molecule has 118 valence electrons. The highest BCUT2D eigenvalue weighted by atomic mass is 15.3. The molecule has 2 rings (SSSR count). The third-order valence-electron chi connectivity index (χ3n) is 5.40. The van der Waals surface area contributed by atoms with Crippen molar-refractivity contribution in [1.29, 1.82) is 0 Å². The van der Waals surface area contributed by atoms with Crippen molar-refractivity contribution in [1.82, 2.24) is 10.3 Å². The van der Waals surface area contributed by atoms with Crippen LogP contribution in [0.15, 0.2) is 24.3 Å². The van der Waals surface area contributed by atoms with Crippen molar-refractivity contribution in [2.75, 3.05) is 14.1 Å². The van der Waals surface area contributed by atoms with E-state index in [9.17, 15) is 0 Å². The van der Waals surface area contributed by atoms with Gasteiger partial charge in [0, 0.05) is 11.6 Å². The Hall–Kier alpha value is -0.900. The lowest BCUT2D eigenvalue weighted by molar-refractivity contribution is 0.0801. The van der Waals surface area contributed by atoms with Crippen LogP contribution in [0.2, 0.25) is 0 Å². The molecule has 0 aliphatic heterocycles. The quantitative estimate of drug-likeness (QED) is 0.497. The van der Waals surface area contributed by atoms with Gasteiger partial charge < -0.3 is 4.90 Å². The van der Waals surface area contributed by atoms with Gasteiger partial charge in [0.15, 0.2) is 0 Å². The average molecular weight is 289 g/mol. The molecule has 1 fully saturated rings. The van der Waals surface area contributed by atoms with Crippen molar-refractivity contribution >= 4 is 0 Å². The topological polar surface area (TPSA) is 41.3 Å². The summed E-state index contributed by atoms with van der Waals surface area (Å²) in [7, 11) is 4.43. The Morgan fingerprint density at radius 3 is 2.29 bits per heavy atom. The molecule has 0 heterocycles. The van der Waals surface area contributed by atoms with Gasteiger partial charge in [-0.15, -0.1) is 0 Å². The Balaban J connectivity index is 2.25. The first-order chi connectivity index (χ1) is 10.1. The Morgan fingerprint density at radius 2 is 1.76 bits per heavy atom. The lowest BCUT2D eigenvalue weighted by Crippen LogP contribution is -2.61. The number of hydrogen-bond acceptors (Lipinski definition) is 3. The number of aryl methyl sites for hydroxylation is 1. The van der Waals surface area contributed by atoms with Gasteiger partial charge in [-0.3, -0.25) is 11.3 Å². The molecule has 1 aliphatic rings. The van der Waals surface area contributed by atoms with Crippen molar-refractivity contribution in [3.05, 3.63) is 35.4 Å². The molecule has 1 aliphatic carbocycles. The summed E-state index contributed by atoms with van der Waals surface area (Å²) in [5, 5.41) is 0. The van der Waals surface area contributed by atoms with Crippen LogP contribution >= 0.6 is 0 Å². The first-order valence-corrected chi connectivity index (χ1v) is 8.28. The fourth-order valence-electron chi connectivity index (χ4n) is 3.91. The van der Waals surface area contributed by atoms with Crippen LogP contribution in [0.4, 0.5) is 0 Å². The van der Waals surface area contributed by atoms with E-state index in [1.54, 1.807) is 0 Å². The predicted molar refractivity (Wildman–Crippen MR) is 90.1 cm³/mol. The van der Waals surface area contributed by atoms with Gasteiger partial charge in [0.2, 0.25) is 0 Å². The summed E-state index contributed by atoms with van der Waals surface area (Å²) in [6, 6.07) is 8.97. The predicted octanol–water partition coefficient (Wildman–Crippen LogP) is 3.02. The van der Waals surface area contributed by atoms with E-state index in [1.165, 1.54) is 49.7 Å². The minimum Gasteiger partial charge on any atom is -0.302 e. The second-order valence-corrected chi connectivity index (χ2v) is 6.76. The van der Waals surface area contributed by atoms with Gasteiger partial charge in [-0.05, 0) is 51.4 Å². The number of hydrogen-bond donors (Lipinski definition) is 2. The van der Waals surface area contributed by atoms with Gasteiger partial charge in [0.25, 0.3) is 0 Å². The van der Waals surface area contributed by atoms with E-state index in [0.29, 0.717) is 6.04 Å². The number of hydrazine groups is 1. The number of benzene rings is 1. The first-order valence-electron chi connectivity index (χ1n) is 8.28. The molecular weight excluding hydrogens is 258 g/mol. The van der Waals surface area contributed by atoms with Gasteiger partial charge >= 0.3 is 0 Å². The van der Waals surface area contributed by atoms with Gasteiger partial charge in [0.05, 0.1) is 0 Å². The highest BCUT2D eigenvalue weighted by Crippen LogP contribution is 2.35. The second-order valence-electron chi connectivity index (χ2n) is 6.76. The largest absolute Gasteiger partial charge is 0.302 e. The maximum atomic E-state index is 6.00. The summed E-state index contributed by atoms with van der Waals surface area (Å²) in [6.07, 6.45) is 8.81. The minimum absolute atomic E-state index is 0.174. The highest BCUT2D eigenvalue weighted by Gasteiger charge is 2.40. The highest BCUT2D eigenvalue weighted by molar-refractivity contribution is 5.27. The Kier molecular flexibility index (Phi) is 5.80. The van der Waals surface area contributed by atoms with Crippen LogP contribution in [0.1, 0.15) is 49.7 Å². The van der Waals surface area contributed by atoms with Gasteiger partial charge in [-0.1, -0.05) is 49.9 Å². The monoisotopic (exact) mass is 289 g/mol. The molecule has 0 aromatic heterocycles. The summed E-state index contributed by atoms with van der Waals surface area (Å²) in [5.74, 6) is 6.00. The SMILES string of the molecule is Cc1ccccc1CC(NN)C1(N(C)C)CCCCCC1. The molecule has 1 unspecified atom stereocenters. The molecule has 0 spiro atoms. The van der Waals surface area contributed by atoms with Gasteiger partial charge in [-0.25, -0.2) is 0 Å². The molecule has 0 saturated heterocycles. The molecule has 3 nitrogen and oxygen atoms in total. The standard InChI is InChI=1S/C18H31N3/c1-15-10-6-7-11-16(15)14-17(20-19)18(21(2)3)12-8-4-5-9-13-18/h6-7,10-11,17,20H,4-5,8-9,12-14,19H2,1-3H3. The third-order valence-corrected chi connectivity index (χ3v) is 5.40. The van der Waals surface area contributed by atoms with Crippen molar-refractivity contribution in [2.24, 2.45) is 5.84 Å². The second kappa shape index (κ2) is 7.39. The zero-order chi connectivity index (χ0) is 15.3. The number of likely N-dealkylation sites (N-methyl/N-ethyl adjacent to an activating group) is 1. The smallest absolute Gasteiger partial charge is 0.0434 e. The molecular formula is C18H31N3. The molecule has 1 aromatic carbocycles. The maximum Gasteiger partial charge on any atom is 0.0434 e. The normalized spacial score (nSPS) is 20.2. The van der Waals surface area contributed by atoms with Gasteiger partial charge in [-0.2, -0.15) is 0 Å². The molecule has 1 saturated carbocycles. The van der Waals surface area contributed by atoms with Crippen LogP contribution in [0, 0.1) is 6.92 Å². The van der Waals surface area contributed by atoms with Gasteiger partial charge in [0.1, 0.15) is 0 Å². The number of nitrogens with zero attached hydrogens (tertiary/aromatic N) is 1. The Morgan fingerprint density at radius 1 is 1.14 bits per heavy atom. The molecule has 0 bridgehead atoms. The molecule has 1 aromatic rings. The van der Waals surface area contributed by atoms with Crippen molar-refractivity contribution < 1.29 is 0 Å². The molecule has 0 amide bonds. The zero-order valence-electron chi connectivity index (χ0n) is 13.9. The molecule has 1 atom stereocenters. The summed E-state index contributed by atoms with van der Waals surface area (Å²) in [5.41, 5.74) is 6.10. The molecule has 3 N–H and O–H groups in total. The lowest BCUT2D eigenvalue weighted by atomic mass is 9.78. The van der Waals surface area contributed by atoms with Crippen LogP contribution in [-0.2, 0) is 6.42 Å². The Labute approximate surface area is 129 Å². The molecule has 0 radical (unpaired) electrons. The van der Waals surface area contributed by atoms with Crippen molar-refractivity contribution in [2.45, 2.75) is 63.5 Å². The minimum atomic E-state index is 0.174. The summed E-state index contributed by atoms with van der Waals surface area (Å²) in [6.45, 7) is 2.19. The fraction of sp³-hybridized carbons (Fsp3) is 0.667. The van der Waals surface area contributed by atoms with Crippen LogP contribution in [0.25, 0.3) is 0 Å². The number of nitrogens with two attached hydrogens (primary N) is 1. The van der Waals surface area contributed by atoms with Crippen LogP contribution in [0.5, 0.6) is 0 Å². The maximum absolute atomic E-state index is 6.00. The van der Waals surface area contributed by atoms with E-state index in [2.05, 4.69) is 55.6 Å². The van der Waals surface area contributed by atoms with Crippen molar-refractivity contribution in [3.63, 3.8) is 0 Å². The number of nitrogens with one attached hydrogen (secondary N) is 1. The summed E-state index contributed by atoms with van der Waals surface area (Å²) in [4.78, 5) is 2.42. The number of rotatable bonds is 5. The van der Waals surface area contributed by atoms with E-state index in [-0.39, 0.29) is 5.54 Å². The van der Waals surface area contributed by atoms with E-state index in [4.69, 9.17) is 5.84 Å². The lowest BCUT2D eigenvalue weighted by Gasteiger charge is -2.46. The van der Waals surface area contributed by atoms with E-state index in [0.717, 1.165) is 6.42 Å². The summed E-state index contributed by atoms with van der Waals surface area (Å²) < 4.78 is 0. The fourth-order valence-corrected chi connectivity index (χ4v) is 3.91.